The van der Waals surface area contributed by atoms with Gasteiger partial charge in [0.2, 0.25) is 0 Å². The summed E-state index contributed by atoms with van der Waals surface area (Å²) in [6.45, 7) is 0.889. The van der Waals surface area contributed by atoms with Crippen LogP contribution in [0, 0.1) is 0 Å². The van der Waals surface area contributed by atoms with E-state index in [0.29, 0.717) is 0 Å². The molecule has 0 aliphatic rings. The van der Waals surface area contributed by atoms with Crippen molar-refractivity contribution in [3.8, 4) is 0 Å². The van der Waals surface area contributed by atoms with Crippen LogP contribution in [0.1, 0.15) is 5.56 Å². The first-order valence-electron chi connectivity index (χ1n) is 6.40. The molecule has 1 aromatic carbocycles. The maximum absolute atomic E-state index is 4.47. The van der Waals surface area contributed by atoms with E-state index in [0.717, 1.165) is 24.2 Å². The third kappa shape index (κ3) is 2.71. The predicted molar refractivity (Wildman–Crippen MR) is 78.2 cm³/mol. The Morgan fingerprint density at radius 1 is 0.895 bits per heavy atom. The van der Waals surface area contributed by atoms with Crippen molar-refractivity contribution in [1.29, 1.82) is 0 Å². The fourth-order valence-electron chi connectivity index (χ4n) is 2.18. The van der Waals surface area contributed by atoms with Crippen LogP contribution >= 0.6 is 0 Å². The Kier molecular flexibility index (Phi) is 3.36. The van der Waals surface area contributed by atoms with Crippen LogP contribution in [-0.4, -0.2) is 16.5 Å². The van der Waals surface area contributed by atoms with Crippen molar-refractivity contribution in [1.82, 2.24) is 9.97 Å². The topological polar surface area (TPSA) is 37.8 Å². The monoisotopic (exact) mass is 249 g/mol. The van der Waals surface area contributed by atoms with Gasteiger partial charge in [0.25, 0.3) is 0 Å². The molecular weight excluding hydrogens is 234 g/mol. The molecule has 19 heavy (non-hydrogen) atoms. The zero-order chi connectivity index (χ0) is 12.9. The van der Waals surface area contributed by atoms with Crippen LogP contribution in [-0.2, 0) is 6.42 Å². The van der Waals surface area contributed by atoms with E-state index >= 15 is 0 Å². The molecule has 0 radical (unpaired) electrons. The van der Waals surface area contributed by atoms with Crippen LogP contribution in [0.15, 0.2) is 61.1 Å². The van der Waals surface area contributed by atoms with Gasteiger partial charge in [-0.05, 0) is 30.2 Å². The fourth-order valence-corrected chi connectivity index (χ4v) is 2.18. The maximum atomic E-state index is 4.47. The van der Waals surface area contributed by atoms with Gasteiger partial charge >= 0.3 is 0 Å². The van der Waals surface area contributed by atoms with E-state index in [-0.39, 0.29) is 0 Å². The quantitative estimate of drug-likeness (QED) is 0.771. The van der Waals surface area contributed by atoms with E-state index in [9.17, 15) is 0 Å². The van der Waals surface area contributed by atoms with Gasteiger partial charge in [0, 0.05) is 36.2 Å². The van der Waals surface area contributed by atoms with Crippen molar-refractivity contribution >= 4 is 16.6 Å². The van der Waals surface area contributed by atoms with E-state index in [4.69, 9.17) is 0 Å². The van der Waals surface area contributed by atoms with E-state index in [2.05, 4.69) is 39.6 Å². The number of fused-ring (bicyclic) bond motifs is 1. The normalized spacial score (nSPS) is 10.5. The molecule has 3 rings (SSSR count). The second-order valence-electron chi connectivity index (χ2n) is 4.40. The Bertz CT molecular complexity index is 660. The lowest BCUT2D eigenvalue weighted by atomic mass is 10.1. The smallest absolute Gasteiger partial charge is 0.0734 e. The highest BCUT2D eigenvalue weighted by Gasteiger charge is 2.01. The van der Waals surface area contributed by atoms with Crippen LogP contribution in [0.4, 0.5) is 5.69 Å². The lowest BCUT2D eigenvalue weighted by molar-refractivity contribution is 1.02. The summed E-state index contributed by atoms with van der Waals surface area (Å²) in [4.78, 5) is 8.47. The van der Waals surface area contributed by atoms with E-state index < -0.39 is 0 Å². The molecule has 0 saturated heterocycles. The van der Waals surface area contributed by atoms with Gasteiger partial charge in [-0.15, -0.1) is 0 Å². The maximum Gasteiger partial charge on any atom is 0.0734 e. The Labute approximate surface area is 112 Å². The molecule has 1 N–H and O–H groups in total. The van der Waals surface area contributed by atoms with Crippen molar-refractivity contribution in [2.45, 2.75) is 6.42 Å². The van der Waals surface area contributed by atoms with E-state index in [1.165, 1.54) is 10.9 Å². The lowest BCUT2D eigenvalue weighted by Gasteiger charge is -2.08. The highest BCUT2D eigenvalue weighted by Crippen LogP contribution is 2.16. The highest BCUT2D eigenvalue weighted by atomic mass is 14.9. The SMILES string of the molecule is c1cnc2c(CCNc3ccncc3)cccc2c1. The van der Waals surface area contributed by atoms with Gasteiger partial charge in [0.15, 0.2) is 0 Å². The molecule has 2 heterocycles. The molecule has 0 aliphatic heterocycles. The van der Waals surface area contributed by atoms with Gasteiger partial charge in [-0.2, -0.15) is 0 Å². The molecule has 0 saturated carbocycles. The standard InChI is InChI=1S/C16H15N3/c1-3-13-5-2-9-19-16(13)14(4-1)6-12-18-15-7-10-17-11-8-15/h1-5,7-11H,6,12H2,(H,17,18). The van der Waals surface area contributed by atoms with Crippen molar-refractivity contribution in [3.63, 3.8) is 0 Å². The largest absolute Gasteiger partial charge is 0.385 e. The summed E-state index contributed by atoms with van der Waals surface area (Å²) in [5.74, 6) is 0. The second kappa shape index (κ2) is 5.48. The van der Waals surface area contributed by atoms with Crippen molar-refractivity contribution < 1.29 is 0 Å². The zero-order valence-electron chi connectivity index (χ0n) is 10.6. The van der Waals surface area contributed by atoms with Crippen LogP contribution in [0.25, 0.3) is 10.9 Å². The summed E-state index contributed by atoms with van der Waals surface area (Å²) in [6, 6.07) is 14.4. The summed E-state index contributed by atoms with van der Waals surface area (Å²) in [5, 5.41) is 4.59. The van der Waals surface area contributed by atoms with Crippen LogP contribution in [0.3, 0.4) is 0 Å². The van der Waals surface area contributed by atoms with Crippen molar-refractivity contribution in [3.05, 3.63) is 66.6 Å². The molecule has 94 valence electrons. The molecule has 0 atom stereocenters. The number of nitrogens with zero attached hydrogens (tertiary/aromatic N) is 2. The second-order valence-corrected chi connectivity index (χ2v) is 4.40. The van der Waals surface area contributed by atoms with Gasteiger partial charge in [-0.3, -0.25) is 9.97 Å². The summed E-state index contributed by atoms with van der Waals surface area (Å²) in [7, 11) is 0. The minimum absolute atomic E-state index is 0.889. The number of aromatic nitrogens is 2. The lowest BCUT2D eigenvalue weighted by Crippen LogP contribution is -2.05. The molecule has 3 heteroatoms. The number of hydrogen-bond acceptors (Lipinski definition) is 3. The number of nitrogens with one attached hydrogen (secondary N) is 1. The first-order valence-corrected chi connectivity index (χ1v) is 6.40. The van der Waals surface area contributed by atoms with Crippen molar-refractivity contribution in [2.75, 3.05) is 11.9 Å². The molecule has 3 aromatic rings. The Balaban J connectivity index is 1.72. The number of pyridine rings is 2. The highest BCUT2D eigenvalue weighted by molar-refractivity contribution is 5.81. The number of rotatable bonds is 4. The van der Waals surface area contributed by atoms with Crippen molar-refractivity contribution in [2.24, 2.45) is 0 Å². The molecule has 0 bridgehead atoms. The summed E-state index contributed by atoms with van der Waals surface area (Å²) in [6.07, 6.45) is 6.39. The van der Waals surface area contributed by atoms with Gasteiger partial charge in [0.05, 0.1) is 5.52 Å². The number of para-hydroxylation sites is 1. The van der Waals surface area contributed by atoms with Crippen LogP contribution in [0.2, 0.25) is 0 Å². The third-order valence-electron chi connectivity index (χ3n) is 3.12. The average molecular weight is 249 g/mol. The minimum Gasteiger partial charge on any atom is -0.385 e. The summed E-state index contributed by atoms with van der Waals surface area (Å²) in [5.41, 5.74) is 3.48. The zero-order valence-corrected chi connectivity index (χ0v) is 10.6. The predicted octanol–water partition coefficient (Wildman–Crippen LogP) is 3.28. The Morgan fingerprint density at radius 2 is 1.74 bits per heavy atom. The summed E-state index contributed by atoms with van der Waals surface area (Å²) >= 11 is 0. The average Bonchev–Trinajstić information content (AvgIpc) is 2.49. The Morgan fingerprint density at radius 3 is 2.63 bits per heavy atom. The molecule has 0 unspecified atom stereocenters. The fraction of sp³-hybridized carbons (Fsp3) is 0.125. The minimum atomic E-state index is 0.889. The third-order valence-corrected chi connectivity index (χ3v) is 3.12. The van der Waals surface area contributed by atoms with Gasteiger partial charge in [-0.1, -0.05) is 24.3 Å². The molecular formula is C16H15N3. The first-order chi connectivity index (χ1) is 9.43. The van der Waals surface area contributed by atoms with Crippen LogP contribution < -0.4 is 5.32 Å². The number of anilines is 1. The van der Waals surface area contributed by atoms with E-state index in [1.54, 1.807) is 12.4 Å². The molecule has 0 spiro atoms. The number of hydrogen-bond donors (Lipinski definition) is 1. The molecule has 0 amide bonds. The first kappa shape index (κ1) is 11.7. The summed E-state index contributed by atoms with van der Waals surface area (Å²) < 4.78 is 0. The van der Waals surface area contributed by atoms with Gasteiger partial charge in [-0.25, -0.2) is 0 Å². The molecule has 0 aliphatic carbocycles. The molecule has 2 aromatic heterocycles. The molecule has 0 fully saturated rings. The number of benzene rings is 1. The molecule has 3 nitrogen and oxygen atoms in total. The Hall–Kier alpha value is -2.42. The van der Waals surface area contributed by atoms with Gasteiger partial charge in [0.1, 0.15) is 0 Å². The van der Waals surface area contributed by atoms with E-state index in [1.807, 2.05) is 24.4 Å². The van der Waals surface area contributed by atoms with Crippen LogP contribution in [0.5, 0.6) is 0 Å². The van der Waals surface area contributed by atoms with Gasteiger partial charge < -0.3 is 5.32 Å².